The molecule has 4 nitrogen and oxygen atoms in total. The average molecular weight is 351 g/mol. The van der Waals surface area contributed by atoms with Crippen LogP contribution in [0.1, 0.15) is 6.92 Å². The van der Waals surface area contributed by atoms with Gasteiger partial charge in [-0.05, 0) is 24.3 Å². The molecule has 2 aromatic carbocycles. The van der Waals surface area contributed by atoms with Gasteiger partial charge >= 0.3 is 0 Å². The van der Waals surface area contributed by atoms with Gasteiger partial charge in [0.1, 0.15) is 6.54 Å². The molecule has 0 saturated heterocycles. The highest BCUT2D eigenvalue weighted by Gasteiger charge is 2.23. The lowest BCUT2D eigenvalue weighted by molar-refractivity contribution is -0.121. The standard InChI is InChI=1S/C17H16Cl2N2O2/c1-12(22)21(17-14(18)9-6-10-15(17)19)11-16(23)20(2)13-7-4-3-5-8-13/h3-10H,11H2,1-2H3. The Hall–Kier alpha value is -2.04. The molecular formula is C17H16Cl2N2O2. The van der Waals surface area contributed by atoms with E-state index in [-0.39, 0.29) is 18.4 Å². The van der Waals surface area contributed by atoms with Crippen molar-refractivity contribution in [3.8, 4) is 0 Å². The molecule has 0 aliphatic carbocycles. The Morgan fingerprint density at radius 3 is 2.04 bits per heavy atom. The van der Waals surface area contributed by atoms with E-state index in [0.717, 1.165) is 5.69 Å². The Morgan fingerprint density at radius 1 is 0.957 bits per heavy atom. The van der Waals surface area contributed by atoms with Crippen molar-refractivity contribution in [1.82, 2.24) is 0 Å². The predicted octanol–water partition coefficient (Wildman–Crippen LogP) is 4.01. The molecule has 0 aromatic heterocycles. The van der Waals surface area contributed by atoms with E-state index in [1.807, 2.05) is 30.3 Å². The SMILES string of the molecule is CC(=O)N(CC(=O)N(C)c1ccccc1)c1c(Cl)cccc1Cl. The van der Waals surface area contributed by atoms with Gasteiger partial charge in [-0.2, -0.15) is 0 Å². The van der Waals surface area contributed by atoms with Crippen LogP contribution >= 0.6 is 23.2 Å². The van der Waals surface area contributed by atoms with E-state index in [9.17, 15) is 9.59 Å². The Balaban J connectivity index is 2.27. The van der Waals surface area contributed by atoms with Gasteiger partial charge in [0.15, 0.2) is 0 Å². The summed E-state index contributed by atoms with van der Waals surface area (Å²) < 4.78 is 0. The van der Waals surface area contributed by atoms with Crippen LogP contribution in [-0.2, 0) is 9.59 Å². The molecule has 0 bridgehead atoms. The van der Waals surface area contributed by atoms with Crippen LogP contribution in [0.5, 0.6) is 0 Å². The zero-order chi connectivity index (χ0) is 17.0. The molecule has 0 fully saturated rings. The summed E-state index contributed by atoms with van der Waals surface area (Å²) in [6, 6.07) is 14.1. The highest BCUT2D eigenvalue weighted by Crippen LogP contribution is 2.33. The lowest BCUT2D eigenvalue weighted by Gasteiger charge is -2.26. The monoisotopic (exact) mass is 350 g/mol. The summed E-state index contributed by atoms with van der Waals surface area (Å²) in [6.07, 6.45) is 0. The van der Waals surface area contributed by atoms with Crippen LogP contribution < -0.4 is 9.80 Å². The molecule has 6 heteroatoms. The quantitative estimate of drug-likeness (QED) is 0.835. The summed E-state index contributed by atoms with van der Waals surface area (Å²) >= 11 is 12.3. The van der Waals surface area contributed by atoms with E-state index >= 15 is 0 Å². The molecule has 2 rings (SSSR count). The fraction of sp³-hybridized carbons (Fsp3) is 0.176. The van der Waals surface area contributed by atoms with E-state index in [1.165, 1.54) is 16.7 Å². The molecule has 120 valence electrons. The van der Waals surface area contributed by atoms with Crippen molar-refractivity contribution in [3.05, 3.63) is 58.6 Å². The van der Waals surface area contributed by atoms with Gasteiger partial charge in [0.2, 0.25) is 11.8 Å². The van der Waals surface area contributed by atoms with Gasteiger partial charge < -0.3 is 9.80 Å². The Labute approximate surface area is 145 Å². The molecule has 0 aliphatic heterocycles. The van der Waals surface area contributed by atoms with Crippen molar-refractivity contribution >= 4 is 46.4 Å². The fourth-order valence-corrected chi connectivity index (χ4v) is 2.73. The van der Waals surface area contributed by atoms with E-state index in [1.54, 1.807) is 25.2 Å². The molecular weight excluding hydrogens is 335 g/mol. The van der Waals surface area contributed by atoms with Crippen molar-refractivity contribution in [2.24, 2.45) is 0 Å². The van der Waals surface area contributed by atoms with Gasteiger partial charge in [-0.25, -0.2) is 0 Å². The summed E-state index contributed by atoms with van der Waals surface area (Å²) in [7, 11) is 1.66. The van der Waals surface area contributed by atoms with E-state index in [4.69, 9.17) is 23.2 Å². The summed E-state index contributed by atoms with van der Waals surface area (Å²) in [4.78, 5) is 27.3. The summed E-state index contributed by atoms with van der Waals surface area (Å²) in [5.74, 6) is -0.558. The topological polar surface area (TPSA) is 40.6 Å². The van der Waals surface area contributed by atoms with Crippen molar-refractivity contribution in [1.29, 1.82) is 0 Å². The third-order valence-corrected chi connectivity index (χ3v) is 4.01. The van der Waals surface area contributed by atoms with E-state index in [2.05, 4.69) is 0 Å². The molecule has 0 spiro atoms. The number of benzene rings is 2. The molecule has 2 aromatic rings. The van der Waals surface area contributed by atoms with Crippen LogP contribution in [0.4, 0.5) is 11.4 Å². The van der Waals surface area contributed by atoms with Crippen molar-refractivity contribution in [3.63, 3.8) is 0 Å². The average Bonchev–Trinajstić information content (AvgIpc) is 2.53. The van der Waals surface area contributed by atoms with Crippen molar-refractivity contribution < 1.29 is 9.59 Å². The number of nitrogens with zero attached hydrogens (tertiary/aromatic N) is 2. The summed E-state index contributed by atoms with van der Waals surface area (Å²) in [6.45, 7) is 1.22. The maximum Gasteiger partial charge on any atom is 0.246 e. The van der Waals surface area contributed by atoms with Crippen LogP contribution in [0.2, 0.25) is 10.0 Å². The molecule has 0 heterocycles. The molecule has 0 unspecified atom stereocenters. The zero-order valence-electron chi connectivity index (χ0n) is 12.8. The smallest absolute Gasteiger partial charge is 0.246 e. The third-order valence-electron chi connectivity index (χ3n) is 3.40. The summed E-state index contributed by atoms with van der Waals surface area (Å²) in [5, 5.41) is 0.644. The van der Waals surface area contributed by atoms with Gasteiger partial charge in [0.05, 0.1) is 15.7 Å². The number of anilines is 2. The second-order valence-electron chi connectivity index (χ2n) is 4.96. The molecule has 0 radical (unpaired) electrons. The molecule has 23 heavy (non-hydrogen) atoms. The van der Waals surface area contributed by atoms with Gasteiger partial charge in [0.25, 0.3) is 0 Å². The first-order valence-electron chi connectivity index (χ1n) is 6.95. The van der Waals surface area contributed by atoms with Gasteiger partial charge in [0, 0.05) is 19.7 Å². The predicted molar refractivity (Wildman–Crippen MR) is 94.3 cm³/mol. The van der Waals surface area contributed by atoms with Gasteiger partial charge in [-0.1, -0.05) is 47.5 Å². The van der Waals surface area contributed by atoms with Crippen molar-refractivity contribution in [2.45, 2.75) is 6.92 Å². The Kier molecular flexibility index (Phi) is 5.64. The maximum atomic E-state index is 12.5. The van der Waals surface area contributed by atoms with Gasteiger partial charge in [-0.15, -0.1) is 0 Å². The second kappa shape index (κ2) is 7.49. The number of carbonyl (C=O) groups is 2. The molecule has 0 aliphatic rings. The number of likely N-dealkylation sites (N-methyl/N-ethyl adjacent to an activating group) is 1. The minimum Gasteiger partial charge on any atom is -0.314 e. The number of rotatable bonds is 4. The first-order valence-corrected chi connectivity index (χ1v) is 7.71. The number of hydrogen-bond acceptors (Lipinski definition) is 2. The summed E-state index contributed by atoms with van der Waals surface area (Å²) in [5.41, 5.74) is 1.09. The first-order chi connectivity index (χ1) is 10.9. The molecule has 0 atom stereocenters. The number of carbonyl (C=O) groups excluding carboxylic acids is 2. The first kappa shape index (κ1) is 17.3. The number of halogens is 2. The van der Waals surface area contributed by atoms with Crippen LogP contribution in [-0.4, -0.2) is 25.4 Å². The highest BCUT2D eigenvalue weighted by atomic mass is 35.5. The largest absolute Gasteiger partial charge is 0.314 e. The second-order valence-corrected chi connectivity index (χ2v) is 5.78. The van der Waals surface area contributed by atoms with Crippen molar-refractivity contribution in [2.75, 3.05) is 23.4 Å². The number of para-hydroxylation sites is 2. The molecule has 2 amide bonds. The lowest BCUT2D eigenvalue weighted by Crippen LogP contribution is -2.41. The normalized spacial score (nSPS) is 10.3. The van der Waals surface area contributed by atoms with Crippen LogP contribution in [0.15, 0.2) is 48.5 Å². The van der Waals surface area contributed by atoms with Gasteiger partial charge in [-0.3, -0.25) is 9.59 Å². The zero-order valence-corrected chi connectivity index (χ0v) is 14.3. The highest BCUT2D eigenvalue weighted by molar-refractivity contribution is 6.40. The van der Waals surface area contributed by atoms with E-state index < -0.39 is 0 Å². The lowest BCUT2D eigenvalue weighted by atomic mass is 10.2. The fourth-order valence-electron chi connectivity index (χ4n) is 2.13. The minimum atomic E-state index is -0.310. The molecule has 0 N–H and O–H groups in total. The van der Waals surface area contributed by atoms with Crippen LogP contribution in [0.3, 0.4) is 0 Å². The van der Waals surface area contributed by atoms with E-state index in [0.29, 0.717) is 15.7 Å². The Morgan fingerprint density at radius 2 is 1.52 bits per heavy atom. The minimum absolute atomic E-state index is 0.149. The molecule has 0 saturated carbocycles. The number of amides is 2. The third kappa shape index (κ3) is 4.03. The van der Waals surface area contributed by atoms with Crippen LogP contribution in [0, 0.1) is 0 Å². The number of hydrogen-bond donors (Lipinski definition) is 0. The van der Waals surface area contributed by atoms with Crippen LogP contribution in [0.25, 0.3) is 0 Å². The maximum absolute atomic E-state index is 12.5. The Bertz CT molecular complexity index is 700.